The molecule has 0 spiro atoms. The van der Waals surface area contributed by atoms with E-state index in [4.69, 9.17) is 0 Å². The maximum Gasteiger partial charge on any atom is 0.115 e. The van der Waals surface area contributed by atoms with Gasteiger partial charge < -0.3 is 0 Å². The molecule has 1 aliphatic carbocycles. The minimum Gasteiger partial charge on any atom is -0.245 e. The molecule has 2 heteroatoms. The molecule has 84 valence electrons. The lowest BCUT2D eigenvalue weighted by atomic mass is 9.96. The third kappa shape index (κ3) is 3.29. The summed E-state index contributed by atoms with van der Waals surface area (Å²) in [5.41, 5.74) is 2.66. The summed E-state index contributed by atoms with van der Waals surface area (Å²) in [4.78, 5) is 8.43. The van der Waals surface area contributed by atoms with Crippen LogP contribution in [-0.2, 0) is 12.8 Å². The van der Waals surface area contributed by atoms with Crippen molar-refractivity contribution in [2.45, 2.75) is 52.9 Å². The van der Waals surface area contributed by atoms with E-state index in [-0.39, 0.29) is 0 Å². The van der Waals surface area contributed by atoms with E-state index < -0.39 is 0 Å². The largest absolute Gasteiger partial charge is 0.245 e. The van der Waals surface area contributed by atoms with Crippen molar-refractivity contribution in [2.75, 3.05) is 0 Å². The van der Waals surface area contributed by atoms with E-state index in [0.717, 1.165) is 12.3 Å². The van der Waals surface area contributed by atoms with Crippen molar-refractivity contribution in [1.29, 1.82) is 0 Å². The first-order valence-electron chi connectivity index (χ1n) is 6.18. The molecule has 0 saturated carbocycles. The van der Waals surface area contributed by atoms with Crippen LogP contribution in [0.4, 0.5) is 0 Å². The normalized spacial score (nSPS) is 19.5. The average molecular weight is 206 g/mol. The summed E-state index contributed by atoms with van der Waals surface area (Å²) in [6.07, 6.45) is 9.94. The molecule has 0 aliphatic heterocycles. The molecule has 1 heterocycles. The molecule has 1 atom stereocenters. The Morgan fingerprint density at radius 2 is 2.20 bits per heavy atom. The second kappa shape index (κ2) is 6.54. The second-order valence-corrected chi connectivity index (χ2v) is 3.87. The predicted octanol–water partition coefficient (Wildman–Crippen LogP) is 3.41. The van der Waals surface area contributed by atoms with E-state index in [1.165, 1.54) is 36.9 Å². The molecule has 2 nitrogen and oxygen atoms in total. The molecule has 0 aromatic carbocycles. The fourth-order valence-electron chi connectivity index (χ4n) is 2.10. The summed E-state index contributed by atoms with van der Waals surface area (Å²) in [6, 6.07) is 0. The van der Waals surface area contributed by atoms with Gasteiger partial charge in [-0.05, 0) is 37.2 Å². The van der Waals surface area contributed by atoms with Crippen molar-refractivity contribution in [3.05, 3.63) is 23.8 Å². The first kappa shape index (κ1) is 12.2. The number of hydrogen-bond acceptors (Lipinski definition) is 2. The number of aromatic nitrogens is 2. The number of rotatable bonds is 1. The Morgan fingerprint density at radius 3 is 2.93 bits per heavy atom. The quantitative estimate of drug-likeness (QED) is 0.658. The predicted molar refractivity (Wildman–Crippen MR) is 63.8 cm³/mol. The standard InChI is InChI=1S/C11H16N2.C2H6/c1-2-9-4-3-5-11-10(6-9)7-12-8-13-11;1-2/h7-9H,2-6H2,1H3;1-2H3. The zero-order chi connectivity index (χ0) is 11.1. The highest BCUT2D eigenvalue weighted by molar-refractivity contribution is 5.18. The van der Waals surface area contributed by atoms with Crippen LogP contribution in [-0.4, -0.2) is 9.97 Å². The van der Waals surface area contributed by atoms with Crippen molar-refractivity contribution in [1.82, 2.24) is 9.97 Å². The summed E-state index contributed by atoms with van der Waals surface area (Å²) in [5, 5.41) is 0. The van der Waals surface area contributed by atoms with Crippen molar-refractivity contribution >= 4 is 0 Å². The summed E-state index contributed by atoms with van der Waals surface area (Å²) in [6.45, 7) is 6.28. The molecular formula is C13H22N2. The van der Waals surface area contributed by atoms with E-state index in [1.807, 2.05) is 20.0 Å². The highest BCUT2D eigenvalue weighted by atomic mass is 14.8. The fraction of sp³-hybridized carbons (Fsp3) is 0.692. The zero-order valence-corrected chi connectivity index (χ0v) is 10.2. The van der Waals surface area contributed by atoms with Gasteiger partial charge in [0.15, 0.2) is 0 Å². The van der Waals surface area contributed by atoms with Crippen molar-refractivity contribution in [3.63, 3.8) is 0 Å². The number of aryl methyl sites for hydroxylation is 1. The van der Waals surface area contributed by atoms with Gasteiger partial charge in [0.2, 0.25) is 0 Å². The summed E-state index contributed by atoms with van der Waals surface area (Å²) >= 11 is 0. The molecule has 0 amide bonds. The van der Waals surface area contributed by atoms with E-state index in [0.29, 0.717) is 0 Å². The molecule has 1 aromatic heterocycles. The first-order chi connectivity index (χ1) is 7.40. The monoisotopic (exact) mass is 206 g/mol. The molecule has 0 saturated heterocycles. The van der Waals surface area contributed by atoms with Gasteiger partial charge in [-0.1, -0.05) is 27.2 Å². The van der Waals surface area contributed by atoms with Gasteiger partial charge in [-0.3, -0.25) is 0 Å². The van der Waals surface area contributed by atoms with Crippen molar-refractivity contribution in [2.24, 2.45) is 5.92 Å². The molecule has 2 rings (SSSR count). The maximum absolute atomic E-state index is 4.34. The summed E-state index contributed by atoms with van der Waals surface area (Å²) < 4.78 is 0. The zero-order valence-electron chi connectivity index (χ0n) is 10.2. The second-order valence-electron chi connectivity index (χ2n) is 3.87. The Balaban J connectivity index is 0.000000531. The fourth-order valence-corrected chi connectivity index (χ4v) is 2.10. The molecular weight excluding hydrogens is 184 g/mol. The third-order valence-corrected chi connectivity index (χ3v) is 2.99. The Hall–Kier alpha value is -0.920. The van der Waals surface area contributed by atoms with Gasteiger partial charge in [-0.15, -0.1) is 0 Å². The Kier molecular flexibility index (Phi) is 5.30. The van der Waals surface area contributed by atoms with Crippen LogP contribution in [0.15, 0.2) is 12.5 Å². The Labute approximate surface area is 93.2 Å². The van der Waals surface area contributed by atoms with Crippen LogP contribution < -0.4 is 0 Å². The molecule has 0 bridgehead atoms. The highest BCUT2D eigenvalue weighted by Crippen LogP contribution is 2.24. The van der Waals surface area contributed by atoms with Crippen LogP contribution in [0.3, 0.4) is 0 Å². The van der Waals surface area contributed by atoms with Gasteiger partial charge in [0.25, 0.3) is 0 Å². The lowest BCUT2D eigenvalue weighted by Crippen LogP contribution is -2.02. The van der Waals surface area contributed by atoms with Gasteiger partial charge in [0, 0.05) is 11.9 Å². The Bertz CT molecular complexity index is 284. The summed E-state index contributed by atoms with van der Waals surface area (Å²) in [5.74, 6) is 0.854. The van der Waals surface area contributed by atoms with E-state index >= 15 is 0 Å². The van der Waals surface area contributed by atoms with Crippen LogP contribution in [0, 0.1) is 5.92 Å². The SMILES string of the molecule is CC.CCC1CCCc2ncncc2C1. The number of nitrogens with zero attached hydrogens (tertiary/aromatic N) is 2. The summed E-state index contributed by atoms with van der Waals surface area (Å²) in [7, 11) is 0. The van der Waals surface area contributed by atoms with Gasteiger partial charge in [0.05, 0.1) is 0 Å². The number of hydrogen-bond donors (Lipinski definition) is 0. The first-order valence-corrected chi connectivity index (χ1v) is 6.18. The van der Waals surface area contributed by atoms with Crippen LogP contribution in [0.1, 0.15) is 51.3 Å². The van der Waals surface area contributed by atoms with Crippen LogP contribution in [0.5, 0.6) is 0 Å². The lowest BCUT2D eigenvalue weighted by Gasteiger charge is -2.10. The van der Waals surface area contributed by atoms with Gasteiger partial charge in [-0.25, -0.2) is 9.97 Å². The minimum absolute atomic E-state index is 0.854. The maximum atomic E-state index is 4.34. The average Bonchev–Trinajstić information content (AvgIpc) is 2.53. The van der Waals surface area contributed by atoms with Crippen molar-refractivity contribution < 1.29 is 0 Å². The van der Waals surface area contributed by atoms with Gasteiger partial charge in [0.1, 0.15) is 6.33 Å². The van der Waals surface area contributed by atoms with Crippen LogP contribution in [0.2, 0.25) is 0 Å². The molecule has 0 fully saturated rings. The van der Waals surface area contributed by atoms with Crippen LogP contribution in [0.25, 0.3) is 0 Å². The Morgan fingerprint density at radius 1 is 1.40 bits per heavy atom. The highest BCUT2D eigenvalue weighted by Gasteiger charge is 2.15. The minimum atomic E-state index is 0.854. The van der Waals surface area contributed by atoms with E-state index in [1.54, 1.807) is 6.33 Å². The molecule has 15 heavy (non-hydrogen) atoms. The van der Waals surface area contributed by atoms with E-state index in [9.17, 15) is 0 Å². The molecule has 1 aliphatic rings. The molecule has 1 unspecified atom stereocenters. The van der Waals surface area contributed by atoms with Crippen molar-refractivity contribution in [3.8, 4) is 0 Å². The third-order valence-electron chi connectivity index (χ3n) is 2.99. The number of fused-ring (bicyclic) bond motifs is 1. The molecule has 0 radical (unpaired) electrons. The topological polar surface area (TPSA) is 25.8 Å². The molecule has 1 aromatic rings. The van der Waals surface area contributed by atoms with Crippen LogP contribution >= 0.6 is 0 Å². The van der Waals surface area contributed by atoms with Gasteiger partial charge in [-0.2, -0.15) is 0 Å². The van der Waals surface area contributed by atoms with Gasteiger partial charge >= 0.3 is 0 Å². The van der Waals surface area contributed by atoms with E-state index in [2.05, 4.69) is 16.9 Å². The lowest BCUT2D eigenvalue weighted by molar-refractivity contribution is 0.466. The molecule has 0 N–H and O–H groups in total. The smallest absolute Gasteiger partial charge is 0.115 e.